The first-order valence-corrected chi connectivity index (χ1v) is 7.09. The van der Waals surface area contributed by atoms with Gasteiger partial charge in [-0.05, 0) is 53.8 Å². The zero-order valence-electron chi connectivity index (χ0n) is 9.98. The van der Waals surface area contributed by atoms with Crippen LogP contribution in [-0.2, 0) is 11.2 Å². The van der Waals surface area contributed by atoms with Crippen molar-refractivity contribution in [1.29, 1.82) is 0 Å². The number of aromatic hydroxyl groups is 1. The molecule has 1 saturated carbocycles. The largest absolute Gasteiger partial charge is 0.508 e. The lowest BCUT2D eigenvalue weighted by Crippen LogP contribution is -2.26. The molecule has 4 heteroatoms. The predicted octanol–water partition coefficient (Wildman–Crippen LogP) is 2.68. The van der Waals surface area contributed by atoms with Crippen LogP contribution in [0, 0.1) is 5.92 Å². The minimum absolute atomic E-state index is 0.192. The lowest BCUT2D eigenvalue weighted by molar-refractivity contribution is -0.122. The third-order valence-electron chi connectivity index (χ3n) is 3.28. The van der Waals surface area contributed by atoms with Crippen LogP contribution in [0.1, 0.15) is 18.4 Å². The molecule has 3 nitrogen and oxygen atoms in total. The Morgan fingerprint density at radius 1 is 1.44 bits per heavy atom. The third-order valence-corrected chi connectivity index (χ3v) is 4.29. The maximum atomic E-state index is 11.5. The Bertz CT molecular complexity index is 586. The zero-order valence-corrected chi connectivity index (χ0v) is 10.8. The maximum Gasteiger partial charge on any atom is 0.223 e. The average molecular weight is 261 g/mol. The topological polar surface area (TPSA) is 49.3 Å². The van der Waals surface area contributed by atoms with Gasteiger partial charge in [-0.1, -0.05) is 0 Å². The fourth-order valence-electron chi connectivity index (χ4n) is 2.07. The average Bonchev–Trinajstić information content (AvgIpc) is 3.13. The lowest BCUT2D eigenvalue weighted by atomic mass is 10.1. The van der Waals surface area contributed by atoms with Crippen molar-refractivity contribution in [3.8, 4) is 5.75 Å². The summed E-state index contributed by atoms with van der Waals surface area (Å²) in [6.07, 6.45) is 2.91. The Balaban J connectivity index is 1.66. The Morgan fingerprint density at radius 3 is 3.06 bits per heavy atom. The van der Waals surface area contributed by atoms with Gasteiger partial charge in [-0.15, -0.1) is 11.3 Å². The molecule has 94 valence electrons. The normalized spacial score (nSPS) is 14.9. The van der Waals surface area contributed by atoms with Gasteiger partial charge < -0.3 is 10.4 Å². The number of thiophene rings is 1. The Kier molecular flexibility index (Phi) is 2.96. The Hall–Kier alpha value is -1.55. The number of phenolic OH excluding ortho intramolecular Hbond substituents is 1. The first kappa shape index (κ1) is 11.5. The summed E-state index contributed by atoms with van der Waals surface area (Å²) < 4.78 is 1.18. The van der Waals surface area contributed by atoms with Gasteiger partial charge in [0, 0.05) is 17.2 Å². The second-order valence-corrected chi connectivity index (χ2v) is 5.67. The fraction of sp³-hybridized carbons (Fsp3) is 0.357. The van der Waals surface area contributed by atoms with E-state index in [9.17, 15) is 9.90 Å². The number of hydrogen-bond acceptors (Lipinski definition) is 3. The van der Waals surface area contributed by atoms with Crippen molar-refractivity contribution in [2.75, 3.05) is 6.54 Å². The van der Waals surface area contributed by atoms with Crippen LogP contribution in [0.3, 0.4) is 0 Å². The van der Waals surface area contributed by atoms with Gasteiger partial charge in [0.15, 0.2) is 0 Å². The molecule has 1 fully saturated rings. The van der Waals surface area contributed by atoms with E-state index in [-0.39, 0.29) is 11.8 Å². The number of hydrogen-bond donors (Lipinski definition) is 2. The number of nitrogens with one attached hydrogen (secondary N) is 1. The van der Waals surface area contributed by atoms with Crippen molar-refractivity contribution in [2.45, 2.75) is 19.3 Å². The van der Waals surface area contributed by atoms with E-state index in [0.717, 1.165) is 24.6 Å². The lowest BCUT2D eigenvalue weighted by Gasteiger charge is -2.03. The van der Waals surface area contributed by atoms with Crippen molar-refractivity contribution < 1.29 is 9.90 Å². The van der Waals surface area contributed by atoms with E-state index in [2.05, 4.69) is 10.7 Å². The van der Waals surface area contributed by atoms with Crippen LogP contribution in [0.5, 0.6) is 5.75 Å². The van der Waals surface area contributed by atoms with E-state index in [1.165, 1.54) is 10.3 Å². The Labute approximate surface area is 109 Å². The molecule has 1 aromatic heterocycles. The minimum Gasteiger partial charge on any atom is -0.508 e. The Morgan fingerprint density at radius 2 is 2.28 bits per heavy atom. The summed E-state index contributed by atoms with van der Waals surface area (Å²) in [5.41, 5.74) is 1.20. The molecule has 0 unspecified atom stereocenters. The monoisotopic (exact) mass is 261 g/mol. The summed E-state index contributed by atoms with van der Waals surface area (Å²) >= 11 is 1.68. The van der Waals surface area contributed by atoms with E-state index < -0.39 is 0 Å². The van der Waals surface area contributed by atoms with Gasteiger partial charge in [-0.25, -0.2) is 0 Å². The molecular formula is C14H15NO2S. The first-order chi connectivity index (χ1) is 8.74. The molecule has 1 aliphatic rings. The molecular weight excluding hydrogens is 246 g/mol. The number of fused-ring (bicyclic) bond motifs is 1. The van der Waals surface area contributed by atoms with Crippen molar-refractivity contribution in [1.82, 2.24) is 5.32 Å². The molecule has 1 amide bonds. The van der Waals surface area contributed by atoms with E-state index >= 15 is 0 Å². The minimum atomic E-state index is 0.192. The van der Waals surface area contributed by atoms with Crippen LogP contribution in [-0.4, -0.2) is 17.6 Å². The number of carbonyl (C=O) groups excluding carboxylic acids is 1. The summed E-state index contributed by atoms with van der Waals surface area (Å²) in [5.74, 6) is 0.759. The standard InChI is InChI=1S/C14H15NO2S/c16-11-3-4-13-12(7-11)10(8-18-13)5-6-15-14(17)9-1-2-9/h3-4,7-9,16H,1-2,5-6H2,(H,15,17). The molecule has 0 spiro atoms. The van der Waals surface area contributed by atoms with Gasteiger partial charge >= 0.3 is 0 Å². The van der Waals surface area contributed by atoms with Gasteiger partial charge in [0.2, 0.25) is 5.91 Å². The molecule has 2 N–H and O–H groups in total. The van der Waals surface area contributed by atoms with Gasteiger partial charge in [-0.2, -0.15) is 0 Å². The van der Waals surface area contributed by atoms with Crippen LogP contribution < -0.4 is 5.32 Å². The van der Waals surface area contributed by atoms with E-state index in [1.807, 2.05) is 6.07 Å². The summed E-state index contributed by atoms with van der Waals surface area (Å²) in [6.45, 7) is 0.677. The van der Waals surface area contributed by atoms with Crippen molar-refractivity contribution in [3.05, 3.63) is 29.1 Å². The molecule has 0 bridgehead atoms. The first-order valence-electron chi connectivity index (χ1n) is 6.21. The molecule has 1 aliphatic carbocycles. The number of carbonyl (C=O) groups is 1. The highest BCUT2D eigenvalue weighted by atomic mass is 32.1. The van der Waals surface area contributed by atoms with Crippen molar-refractivity contribution in [3.63, 3.8) is 0 Å². The molecule has 0 atom stereocenters. The highest BCUT2D eigenvalue weighted by Crippen LogP contribution is 2.30. The van der Waals surface area contributed by atoms with Crippen LogP contribution in [0.15, 0.2) is 23.6 Å². The summed E-state index contributed by atoms with van der Waals surface area (Å²) in [7, 11) is 0. The molecule has 0 saturated heterocycles. The molecule has 3 rings (SSSR count). The van der Waals surface area contributed by atoms with Gasteiger partial charge in [0.1, 0.15) is 5.75 Å². The number of rotatable bonds is 4. The summed E-state index contributed by atoms with van der Waals surface area (Å²) in [5, 5.41) is 15.7. The fourth-order valence-corrected chi connectivity index (χ4v) is 3.05. The predicted molar refractivity (Wildman–Crippen MR) is 72.9 cm³/mol. The summed E-state index contributed by atoms with van der Waals surface area (Å²) in [6, 6.07) is 5.43. The van der Waals surface area contributed by atoms with E-state index in [4.69, 9.17) is 0 Å². The van der Waals surface area contributed by atoms with Gasteiger partial charge in [0.25, 0.3) is 0 Å². The summed E-state index contributed by atoms with van der Waals surface area (Å²) in [4.78, 5) is 11.5. The SMILES string of the molecule is O=C(NCCc1csc2ccc(O)cc12)C1CC1. The van der Waals surface area contributed by atoms with Gasteiger partial charge in [-0.3, -0.25) is 4.79 Å². The quantitative estimate of drug-likeness (QED) is 0.889. The molecule has 1 aromatic carbocycles. The van der Waals surface area contributed by atoms with Crippen LogP contribution in [0.2, 0.25) is 0 Å². The van der Waals surface area contributed by atoms with E-state index in [0.29, 0.717) is 12.3 Å². The molecule has 18 heavy (non-hydrogen) atoms. The molecule has 2 aromatic rings. The molecule has 1 heterocycles. The number of amides is 1. The van der Waals surface area contributed by atoms with Crippen LogP contribution in [0.4, 0.5) is 0 Å². The number of benzene rings is 1. The van der Waals surface area contributed by atoms with Crippen molar-refractivity contribution in [2.24, 2.45) is 5.92 Å². The number of phenols is 1. The maximum absolute atomic E-state index is 11.5. The van der Waals surface area contributed by atoms with Gasteiger partial charge in [0.05, 0.1) is 0 Å². The smallest absolute Gasteiger partial charge is 0.223 e. The van der Waals surface area contributed by atoms with Crippen LogP contribution in [0.25, 0.3) is 10.1 Å². The highest BCUT2D eigenvalue weighted by molar-refractivity contribution is 7.17. The highest BCUT2D eigenvalue weighted by Gasteiger charge is 2.29. The molecule has 0 radical (unpaired) electrons. The van der Waals surface area contributed by atoms with Crippen LogP contribution >= 0.6 is 11.3 Å². The second-order valence-electron chi connectivity index (χ2n) is 4.76. The van der Waals surface area contributed by atoms with Crippen molar-refractivity contribution >= 4 is 27.3 Å². The molecule has 0 aliphatic heterocycles. The zero-order chi connectivity index (χ0) is 12.5. The second kappa shape index (κ2) is 4.61. The third kappa shape index (κ3) is 2.34. The van der Waals surface area contributed by atoms with E-state index in [1.54, 1.807) is 23.5 Å².